The second-order valence-corrected chi connectivity index (χ2v) is 6.91. The standard InChI is InChI=1S/C18H23N3O2/c1-18(2,3)21-16(20-17(22)14-9-10-23-12-14)15(11-19-21)13-7-5-4-6-8-13/h4-8,11,14H,9-10,12H2,1-3H3,(H,20,22). The monoisotopic (exact) mass is 313 g/mol. The number of benzene rings is 1. The third kappa shape index (κ3) is 3.29. The van der Waals surface area contributed by atoms with Gasteiger partial charge in [0.05, 0.1) is 24.3 Å². The first kappa shape index (κ1) is 15.7. The summed E-state index contributed by atoms with van der Waals surface area (Å²) < 4.78 is 7.20. The first-order chi connectivity index (χ1) is 11.0. The Morgan fingerprint density at radius 3 is 2.65 bits per heavy atom. The summed E-state index contributed by atoms with van der Waals surface area (Å²) in [6.07, 6.45) is 2.59. The number of nitrogens with zero attached hydrogens (tertiary/aromatic N) is 2. The summed E-state index contributed by atoms with van der Waals surface area (Å²) in [4.78, 5) is 12.5. The number of carbonyl (C=O) groups is 1. The van der Waals surface area contributed by atoms with Crippen LogP contribution in [0.25, 0.3) is 11.1 Å². The van der Waals surface area contributed by atoms with Crippen LogP contribution in [0.1, 0.15) is 27.2 Å². The minimum atomic E-state index is -0.220. The van der Waals surface area contributed by atoms with Crippen molar-refractivity contribution in [2.75, 3.05) is 18.5 Å². The van der Waals surface area contributed by atoms with E-state index < -0.39 is 0 Å². The van der Waals surface area contributed by atoms with Crippen LogP contribution in [0.15, 0.2) is 36.5 Å². The van der Waals surface area contributed by atoms with Crippen molar-refractivity contribution in [3.63, 3.8) is 0 Å². The van der Waals surface area contributed by atoms with E-state index in [1.807, 2.05) is 41.2 Å². The van der Waals surface area contributed by atoms with Crippen molar-refractivity contribution in [1.29, 1.82) is 0 Å². The van der Waals surface area contributed by atoms with Crippen molar-refractivity contribution in [2.45, 2.75) is 32.7 Å². The van der Waals surface area contributed by atoms with Crippen molar-refractivity contribution in [3.05, 3.63) is 36.5 Å². The molecule has 1 atom stereocenters. The molecule has 1 N–H and O–H groups in total. The van der Waals surface area contributed by atoms with Gasteiger partial charge >= 0.3 is 0 Å². The first-order valence-electron chi connectivity index (χ1n) is 7.99. The number of rotatable bonds is 3. The molecule has 1 aliphatic heterocycles. The van der Waals surface area contributed by atoms with E-state index in [1.165, 1.54) is 0 Å². The SMILES string of the molecule is CC(C)(C)n1ncc(-c2ccccc2)c1NC(=O)C1CCOC1. The number of carbonyl (C=O) groups excluding carboxylic acids is 1. The highest BCUT2D eigenvalue weighted by atomic mass is 16.5. The van der Waals surface area contributed by atoms with Crippen LogP contribution in [0.5, 0.6) is 0 Å². The predicted molar refractivity (Wildman–Crippen MR) is 90.2 cm³/mol. The van der Waals surface area contributed by atoms with E-state index in [9.17, 15) is 4.79 Å². The van der Waals surface area contributed by atoms with Crippen LogP contribution in [0.2, 0.25) is 0 Å². The summed E-state index contributed by atoms with van der Waals surface area (Å²) in [6, 6.07) is 10.0. The van der Waals surface area contributed by atoms with Crippen molar-refractivity contribution in [1.82, 2.24) is 9.78 Å². The second-order valence-electron chi connectivity index (χ2n) is 6.91. The van der Waals surface area contributed by atoms with Crippen molar-refractivity contribution in [3.8, 4) is 11.1 Å². The molecule has 1 amide bonds. The van der Waals surface area contributed by atoms with Gasteiger partial charge in [-0.15, -0.1) is 0 Å². The van der Waals surface area contributed by atoms with E-state index in [0.717, 1.165) is 23.4 Å². The molecule has 23 heavy (non-hydrogen) atoms. The van der Waals surface area contributed by atoms with Crippen LogP contribution in [0, 0.1) is 5.92 Å². The molecule has 0 aliphatic carbocycles. The molecule has 122 valence electrons. The average molecular weight is 313 g/mol. The maximum Gasteiger partial charge on any atom is 0.231 e. The normalized spacial score (nSPS) is 18.1. The van der Waals surface area contributed by atoms with E-state index in [0.29, 0.717) is 13.2 Å². The summed E-state index contributed by atoms with van der Waals surface area (Å²) in [5.74, 6) is 0.674. The largest absolute Gasteiger partial charge is 0.381 e. The summed E-state index contributed by atoms with van der Waals surface area (Å²) in [5, 5.41) is 7.60. The Bertz CT molecular complexity index is 680. The second kappa shape index (κ2) is 6.16. The molecule has 1 saturated heterocycles. The highest BCUT2D eigenvalue weighted by molar-refractivity contribution is 5.95. The summed E-state index contributed by atoms with van der Waals surface area (Å²) in [6.45, 7) is 7.37. The zero-order valence-corrected chi connectivity index (χ0v) is 13.9. The Morgan fingerprint density at radius 1 is 1.30 bits per heavy atom. The quantitative estimate of drug-likeness (QED) is 0.946. The van der Waals surface area contributed by atoms with Gasteiger partial charge in [0.1, 0.15) is 5.82 Å². The Hall–Kier alpha value is -2.14. The molecule has 0 saturated carbocycles. The van der Waals surface area contributed by atoms with E-state index in [-0.39, 0.29) is 17.4 Å². The molecule has 3 rings (SSSR count). The van der Waals surface area contributed by atoms with Gasteiger partial charge in [-0.3, -0.25) is 4.79 Å². The van der Waals surface area contributed by atoms with Gasteiger partial charge in [0.2, 0.25) is 5.91 Å². The van der Waals surface area contributed by atoms with Gasteiger partial charge in [-0.1, -0.05) is 30.3 Å². The molecular formula is C18H23N3O2. The van der Waals surface area contributed by atoms with Gasteiger partial charge in [-0.25, -0.2) is 4.68 Å². The number of hydrogen-bond donors (Lipinski definition) is 1. The number of ether oxygens (including phenoxy) is 1. The number of aromatic nitrogens is 2. The van der Waals surface area contributed by atoms with Crippen LogP contribution >= 0.6 is 0 Å². The first-order valence-corrected chi connectivity index (χ1v) is 7.99. The van der Waals surface area contributed by atoms with E-state index >= 15 is 0 Å². The molecule has 1 unspecified atom stereocenters. The molecular weight excluding hydrogens is 290 g/mol. The molecule has 2 heterocycles. The van der Waals surface area contributed by atoms with Gasteiger partial charge in [0.15, 0.2) is 0 Å². The highest BCUT2D eigenvalue weighted by Gasteiger charge is 2.28. The van der Waals surface area contributed by atoms with Crippen LogP contribution < -0.4 is 5.32 Å². The number of nitrogens with one attached hydrogen (secondary N) is 1. The molecule has 2 aromatic rings. The maximum absolute atomic E-state index is 12.5. The van der Waals surface area contributed by atoms with Crippen LogP contribution in [0.4, 0.5) is 5.82 Å². The van der Waals surface area contributed by atoms with Gasteiger partial charge < -0.3 is 10.1 Å². The zero-order chi connectivity index (χ0) is 16.4. The Balaban J connectivity index is 1.98. The molecule has 1 aromatic carbocycles. The predicted octanol–water partition coefficient (Wildman–Crippen LogP) is 3.28. The van der Waals surface area contributed by atoms with Crippen LogP contribution in [-0.4, -0.2) is 28.9 Å². The van der Waals surface area contributed by atoms with Crippen LogP contribution in [-0.2, 0) is 15.1 Å². The van der Waals surface area contributed by atoms with E-state index in [4.69, 9.17) is 4.74 Å². The Labute approximate surface area is 136 Å². The molecule has 1 fully saturated rings. The fraction of sp³-hybridized carbons (Fsp3) is 0.444. The third-order valence-electron chi connectivity index (χ3n) is 4.03. The lowest BCUT2D eigenvalue weighted by Crippen LogP contribution is -2.29. The van der Waals surface area contributed by atoms with E-state index in [1.54, 1.807) is 0 Å². The van der Waals surface area contributed by atoms with Crippen LogP contribution in [0.3, 0.4) is 0 Å². The molecule has 5 nitrogen and oxygen atoms in total. The fourth-order valence-electron chi connectivity index (χ4n) is 2.77. The molecule has 5 heteroatoms. The fourth-order valence-corrected chi connectivity index (χ4v) is 2.77. The number of anilines is 1. The third-order valence-corrected chi connectivity index (χ3v) is 4.03. The molecule has 1 aliphatic rings. The molecule has 0 bridgehead atoms. The van der Waals surface area contributed by atoms with Crippen molar-refractivity contribution in [2.24, 2.45) is 5.92 Å². The number of amides is 1. The Morgan fingerprint density at radius 2 is 2.04 bits per heavy atom. The minimum absolute atomic E-state index is 0.00526. The maximum atomic E-state index is 12.5. The van der Waals surface area contributed by atoms with E-state index in [2.05, 4.69) is 31.2 Å². The Kier molecular flexibility index (Phi) is 4.22. The lowest BCUT2D eigenvalue weighted by atomic mass is 10.1. The summed E-state index contributed by atoms with van der Waals surface area (Å²) in [5.41, 5.74) is 1.76. The average Bonchev–Trinajstić information content (AvgIpc) is 3.17. The molecule has 0 radical (unpaired) electrons. The topological polar surface area (TPSA) is 56.2 Å². The lowest BCUT2D eigenvalue weighted by Gasteiger charge is -2.23. The highest BCUT2D eigenvalue weighted by Crippen LogP contribution is 2.32. The van der Waals surface area contributed by atoms with Crippen molar-refractivity contribution < 1.29 is 9.53 Å². The minimum Gasteiger partial charge on any atom is -0.381 e. The molecule has 1 aromatic heterocycles. The van der Waals surface area contributed by atoms with Gasteiger partial charge in [-0.2, -0.15) is 5.10 Å². The summed E-state index contributed by atoms with van der Waals surface area (Å²) >= 11 is 0. The number of hydrogen-bond acceptors (Lipinski definition) is 3. The smallest absolute Gasteiger partial charge is 0.231 e. The van der Waals surface area contributed by atoms with Crippen molar-refractivity contribution >= 4 is 11.7 Å². The molecule has 0 spiro atoms. The van der Waals surface area contributed by atoms with Gasteiger partial charge in [0, 0.05) is 12.2 Å². The lowest BCUT2D eigenvalue weighted by molar-refractivity contribution is -0.119. The van der Waals surface area contributed by atoms with Gasteiger partial charge in [-0.05, 0) is 32.8 Å². The summed E-state index contributed by atoms with van der Waals surface area (Å²) in [7, 11) is 0. The zero-order valence-electron chi connectivity index (χ0n) is 13.9. The van der Waals surface area contributed by atoms with Gasteiger partial charge in [0.25, 0.3) is 0 Å².